The topological polar surface area (TPSA) is 70.1 Å². The Morgan fingerprint density at radius 2 is 1.62 bits per heavy atom. The van der Waals surface area contributed by atoms with Crippen molar-refractivity contribution in [3.8, 4) is 0 Å². The molecule has 1 heterocycles. The van der Waals surface area contributed by atoms with Gasteiger partial charge in [-0.05, 0) is 6.42 Å². The highest BCUT2D eigenvalue weighted by atomic mass is 16.9. The van der Waals surface area contributed by atoms with E-state index >= 15 is 0 Å². The molecule has 0 saturated carbocycles. The van der Waals surface area contributed by atoms with E-state index in [1.807, 2.05) is 0 Å². The molecule has 1 rings (SSSR count). The lowest BCUT2D eigenvalue weighted by atomic mass is 10.2. The Labute approximate surface area is 95.5 Å². The van der Waals surface area contributed by atoms with Crippen molar-refractivity contribution in [3.05, 3.63) is 45.9 Å². The fourth-order valence-corrected chi connectivity index (χ4v) is 1.30. The smallest absolute Gasteiger partial charge is 0.168 e. The van der Waals surface area contributed by atoms with Crippen LogP contribution >= 0.6 is 0 Å². The van der Waals surface area contributed by atoms with Gasteiger partial charge in [-0.2, -0.15) is 0 Å². The standard InChI is InChI=1S/C11H18N.NO3/c1-2-3-4-6-9-12-10-7-5-8-11-12;2-1(3)4/h5,7-8,10-11H,2-4,6,9H2,1H3;/q+1;-1. The van der Waals surface area contributed by atoms with Crippen LogP contribution in [0.4, 0.5) is 0 Å². The Morgan fingerprint density at radius 1 is 1.06 bits per heavy atom. The van der Waals surface area contributed by atoms with E-state index < -0.39 is 5.09 Å². The van der Waals surface area contributed by atoms with Crippen LogP contribution in [0.1, 0.15) is 32.6 Å². The van der Waals surface area contributed by atoms with Crippen molar-refractivity contribution in [2.75, 3.05) is 0 Å². The third-order valence-corrected chi connectivity index (χ3v) is 2.05. The van der Waals surface area contributed by atoms with E-state index in [2.05, 4.69) is 42.1 Å². The molecule has 5 nitrogen and oxygen atoms in total. The summed E-state index contributed by atoms with van der Waals surface area (Å²) in [6.07, 6.45) is 9.62. The maximum Gasteiger partial charge on any atom is 0.168 e. The van der Waals surface area contributed by atoms with E-state index in [-0.39, 0.29) is 0 Å². The highest BCUT2D eigenvalue weighted by molar-refractivity contribution is 4.83. The molecule has 0 radical (unpaired) electrons. The number of unbranched alkanes of at least 4 members (excludes halogenated alkanes) is 3. The predicted octanol–water partition coefficient (Wildman–Crippen LogP) is 2.32. The van der Waals surface area contributed by atoms with Crippen molar-refractivity contribution in [3.63, 3.8) is 0 Å². The molecule has 1 aromatic heterocycles. The lowest BCUT2D eigenvalue weighted by molar-refractivity contribution is -0.697. The predicted molar refractivity (Wildman–Crippen MR) is 61.1 cm³/mol. The van der Waals surface area contributed by atoms with E-state index in [0.717, 1.165) is 0 Å². The van der Waals surface area contributed by atoms with Crippen molar-refractivity contribution in [2.45, 2.75) is 39.2 Å². The molecule has 0 fully saturated rings. The number of hydrogen-bond donors (Lipinski definition) is 0. The van der Waals surface area contributed by atoms with Gasteiger partial charge in [0.2, 0.25) is 0 Å². The monoisotopic (exact) mass is 226 g/mol. The van der Waals surface area contributed by atoms with E-state index in [0.29, 0.717) is 0 Å². The highest BCUT2D eigenvalue weighted by Gasteiger charge is 1.95. The zero-order valence-electron chi connectivity index (χ0n) is 9.54. The summed E-state index contributed by atoms with van der Waals surface area (Å²) < 4.78 is 2.25. The SMILES string of the molecule is CCCCCC[n+]1ccccc1.O=[N+]([O-])[O-]. The number of aryl methyl sites for hydroxylation is 1. The van der Waals surface area contributed by atoms with Crippen LogP contribution < -0.4 is 4.57 Å². The largest absolute Gasteiger partial charge is 0.356 e. The summed E-state index contributed by atoms with van der Waals surface area (Å²) in [5, 5.41) is 14.8. The first-order valence-electron chi connectivity index (χ1n) is 5.42. The Bertz CT molecular complexity index is 274. The summed E-state index contributed by atoms with van der Waals surface area (Å²) in [5.41, 5.74) is 0. The molecule has 0 atom stereocenters. The Hall–Kier alpha value is -1.65. The first kappa shape index (κ1) is 14.3. The van der Waals surface area contributed by atoms with Gasteiger partial charge in [0, 0.05) is 18.6 Å². The molecule has 0 aliphatic rings. The van der Waals surface area contributed by atoms with Crippen LogP contribution in [0.15, 0.2) is 30.6 Å². The molecule has 0 N–H and O–H groups in total. The average molecular weight is 226 g/mol. The molecular formula is C11H18N2O3. The number of pyridine rings is 1. The normalized spacial score (nSPS) is 9.06. The summed E-state index contributed by atoms with van der Waals surface area (Å²) in [4.78, 5) is 8.25. The molecular weight excluding hydrogens is 208 g/mol. The van der Waals surface area contributed by atoms with Crippen LogP contribution in [0.5, 0.6) is 0 Å². The molecule has 0 spiro atoms. The van der Waals surface area contributed by atoms with Gasteiger partial charge in [0.25, 0.3) is 0 Å². The second kappa shape index (κ2) is 9.89. The van der Waals surface area contributed by atoms with Gasteiger partial charge in [-0.1, -0.05) is 25.8 Å². The summed E-state index contributed by atoms with van der Waals surface area (Å²) in [6.45, 7) is 3.41. The minimum atomic E-state index is -1.75. The van der Waals surface area contributed by atoms with E-state index in [4.69, 9.17) is 15.3 Å². The van der Waals surface area contributed by atoms with Crippen molar-refractivity contribution in [1.82, 2.24) is 0 Å². The van der Waals surface area contributed by atoms with Crippen LogP contribution in [0.25, 0.3) is 0 Å². The van der Waals surface area contributed by atoms with Gasteiger partial charge in [-0.25, -0.2) is 4.57 Å². The van der Waals surface area contributed by atoms with Crippen molar-refractivity contribution in [2.24, 2.45) is 0 Å². The summed E-state index contributed by atoms with van der Waals surface area (Å²) >= 11 is 0. The van der Waals surface area contributed by atoms with Crippen LogP contribution in [0, 0.1) is 15.3 Å². The average Bonchev–Trinajstić information content (AvgIpc) is 2.25. The lowest BCUT2D eigenvalue weighted by Gasteiger charge is -1.95. The molecule has 0 amide bonds. The van der Waals surface area contributed by atoms with Gasteiger partial charge in [0.05, 0.1) is 5.09 Å². The zero-order valence-corrected chi connectivity index (χ0v) is 9.54. The molecule has 0 bridgehead atoms. The fraction of sp³-hybridized carbons (Fsp3) is 0.545. The van der Waals surface area contributed by atoms with Gasteiger partial charge in [0.15, 0.2) is 12.4 Å². The van der Waals surface area contributed by atoms with Crippen LogP contribution in [-0.4, -0.2) is 5.09 Å². The number of rotatable bonds is 5. The molecule has 0 aromatic carbocycles. The highest BCUT2D eigenvalue weighted by Crippen LogP contribution is 1.97. The van der Waals surface area contributed by atoms with Gasteiger partial charge < -0.3 is 15.3 Å². The van der Waals surface area contributed by atoms with Crippen LogP contribution in [-0.2, 0) is 6.54 Å². The minimum Gasteiger partial charge on any atom is -0.356 e. The number of aromatic nitrogens is 1. The van der Waals surface area contributed by atoms with Gasteiger partial charge in [-0.15, -0.1) is 0 Å². The molecule has 0 aliphatic heterocycles. The van der Waals surface area contributed by atoms with Crippen molar-refractivity contribution >= 4 is 0 Å². The van der Waals surface area contributed by atoms with Crippen molar-refractivity contribution < 1.29 is 9.65 Å². The first-order chi connectivity index (χ1) is 7.66. The quantitative estimate of drug-likeness (QED) is 0.335. The molecule has 0 aliphatic carbocycles. The molecule has 0 unspecified atom stereocenters. The van der Waals surface area contributed by atoms with Crippen LogP contribution in [0.2, 0.25) is 0 Å². The van der Waals surface area contributed by atoms with Gasteiger partial charge in [-0.3, -0.25) is 0 Å². The summed E-state index contributed by atoms with van der Waals surface area (Å²) in [5.74, 6) is 0. The molecule has 90 valence electrons. The molecule has 1 aromatic rings. The second-order valence-corrected chi connectivity index (χ2v) is 3.40. The van der Waals surface area contributed by atoms with E-state index in [9.17, 15) is 0 Å². The van der Waals surface area contributed by atoms with Gasteiger partial charge >= 0.3 is 0 Å². The summed E-state index contributed by atoms with van der Waals surface area (Å²) in [6, 6.07) is 6.22. The third-order valence-electron chi connectivity index (χ3n) is 2.05. The fourth-order valence-electron chi connectivity index (χ4n) is 1.30. The maximum absolute atomic E-state index is 8.25. The van der Waals surface area contributed by atoms with Crippen LogP contribution in [0.3, 0.4) is 0 Å². The zero-order chi connectivity index (χ0) is 12.2. The Kier molecular flexibility index (Phi) is 8.87. The van der Waals surface area contributed by atoms with E-state index in [1.165, 1.54) is 32.2 Å². The number of hydrogen-bond acceptors (Lipinski definition) is 3. The van der Waals surface area contributed by atoms with Crippen molar-refractivity contribution in [1.29, 1.82) is 0 Å². The Balaban J connectivity index is 0.000000487. The lowest BCUT2D eigenvalue weighted by Crippen LogP contribution is -2.32. The third kappa shape index (κ3) is 10.4. The van der Waals surface area contributed by atoms with Gasteiger partial charge in [0.1, 0.15) is 6.54 Å². The summed E-state index contributed by atoms with van der Waals surface area (Å²) in [7, 11) is 0. The molecule has 16 heavy (non-hydrogen) atoms. The molecule has 5 heteroatoms. The number of nitrogens with zero attached hydrogens (tertiary/aromatic N) is 2. The van der Waals surface area contributed by atoms with E-state index in [1.54, 1.807) is 0 Å². The minimum absolute atomic E-state index is 1.17. The second-order valence-electron chi connectivity index (χ2n) is 3.40. The molecule has 0 saturated heterocycles. The Morgan fingerprint density at radius 3 is 2.12 bits per heavy atom. The maximum atomic E-state index is 8.25. The first-order valence-corrected chi connectivity index (χ1v) is 5.42.